The maximum Gasteiger partial charge on any atom is 0.0727 e. The van der Waals surface area contributed by atoms with Crippen molar-refractivity contribution < 1.29 is 5.11 Å². The Bertz CT molecular complexity index is 95.6. The molecule has 3 heteroatoms. The Kier molecular flexibility index (Phi) is 6.86. The van der Waals surface area contributed by atoms with Crippen LogP contribution in [0.2, 0.25) is 0 Å². The van der Waals surface area contributed by atoms with Crippen LogP contribution in [0.3, 0.4) is 0 Å². The van der Waals surface area contributed by atoms with E-state index < -0.39 is 0 Å². The van der Waals surface area contributed by atoms with E-state index >= 15 is 0 Å². The highest BCUT2D eigenvalue weighted by molar-refractivity contribution is 7.80. The van der Waals surface area contributed by atoms with Crippen molar-refractivity contribution >= 4 is 17.2 Å². The first-order chi connectivity index (χ1) is 4.77. The van der Waals surface area contributed by atoms with E-state index in [1.54, 1.807) is 0 Å². The molecule has 0 bridgehead atoms. The first-order valence-electron chi connectivity index (χ1n) is 3.66. The Morgan fingerprint density at radius 3 is 2.30 bits per heavy atom. The number of hydrogen-bond acceptors (Lipinski definition) is 2. The van der Waals surface area contributed by atoms with Crippen LogP contribution in [0.4, 0.5) is 0 Å². The first-order valence-corrected chi connectivity index (χ1v) is 4.07. The number of nitrogens with two attached hydrogens (primary N) is 1. The predicted molar refractivity (Wildman–Crippen MR) is 47.0 cm³/mol. The second-order valence-electron chi connectivity index (χ2n) is 2.35. The van der Waals surface area contributed by atoms with E-state index in [9.17, 15) is 0 Å². The van der Waals surface area contributed by atoms with Gasteiger partial charge < -0.3 is 10.8 Å². The zero-order chi connectivity index (χ0) is 7.82. The monoisotopic (exact) mass is 161 g/mol. The summed E-state index contributed by atoms with van der Waals surface area (Å²) < 4.78 is 0. The molecule has 0 rings (SSSR count). The van der Waals surface area contributed by atoms with E-state index in [-0.39, 0.29) is 0 Å². The smallest absolute Gasteiger partial charge is 0.0727 e. The van der Waals surface area contributed by atoms with Crippen LogP contribution >= 0.6 is 12.2 Å². The molecule has 3 N–H and O–H groups in total. The van der Waals surface area contributed by atoms with Crippen molar-refractivity contribution in [3.05, 3.63) is 0 Å². The van der Waals surface area contributed by atoms with Crippen molar-refractivity contribution in [2.45, 2.75) is 32.1 Å². The van der Waals surface area contributed by atoms with Crippen LogP contribution in [0.1, 0.15) is 32.1 Å². The standard InChI is InChI=1S/C7H15NOS/c8-7(10)5-3-1-2-4-6-9/h9H,1-6H2,(H2,8,10). The summed E-state index contributed by atoms with van der Waals surface area (Å²) in [6.45, 7) is 0.299. The molecular formula is C7H15NOS. The molecule has 0 aliphatic rings. The maximum absolute atomic E-state index is 8.42. The molecular weight excluding hydrogens is 146 g/mol. The van der Waals surface area contributed by atoms with E-state index in [0.29, 0.717) is 11.6 Å². The Labute approximate surface area is 67.4 Å². The number of hydrogen-bond donors (Lipinski definition) is 2. The lowest BCUT2D eigenvalue weighted by molar-refractivity contribution is 0.283. The summed E-state index contributed by atoms with van der Waals surface area (Å²) in [7, 11) is 0. The number of aliphatic hydroxyl groups is 1. The highest BCUT2D eigenvalue weighted by Gasteiger charge is 1.90. The van der Waals surface area contributed by atoms with Gasteiger partial charge in [-0.1, -0.05) is 25.1 Å². The van der Waals surface area contributed by atoms with Crippen molar-refractivity contribution in [2.75, 3.05) is 6.61 Å². The van der Waals surface area contributed by atoms with Gasteiger partial charge in [0.25, 0.3) is 0 Å². The molecule has 0 amide bonds. The van der Waals surface area contributed by atoms with Gasteiger partial charge in [0.2, 0.25) is 0 Å². The van der Waals surface area contributed by atoms with Gasteiger partial charge in [0, 0.05) is 6.61 Å². The Hall–Kier alpha value is -0.150. The number of unbranched alkanes of at least 4 members (excludes halogenated alkanes) is 3. The second kappa shape index (κ2) is 6.96. The minimum Gasteiger partial charge on any atom is -0.396 e. The van der Waals surface area contributed by atoms with Crippen LogP contribution in [0.5, 0.6) is 0 Å². The highest BCUT2D eigenvalue weighted by atomic mass is 32.1. The largest absolute Gasteiger partial charge is 0.396 e. The third-order valence-corrected chi connectivity index (χ3v) is 1.54. The molecule has 0 aliphatic heterocycles. The lowest BCUT2D eigenvalue weighted by Crippen LogP contribution is -2.06. The third kappa shape index (κ3) is 7.85. The lowest BCUT2D eigenvalue weighted by Gasteiger charge is -1.97. The van der Waals surface area contributed by atoms with Crippen LogP contribution in [-0.4, -0.2) is 16.7 Å². The SMILES string of the molecule is NC(=S)CCCCCCO. The van der Waals surface area contributed by atoms with E-state index in [1.807, 2.05) is 0 Å². The van der Waals surface area contributed by atoms with Gasteiger partial charge in [0.15, 0.2) is 0 Å². The van der Waals surface area contributed by atoms with Crippen LogP contribution in [0.15, 0.2) is 0 Å². The number of aliphatic hydroxyl groups excluding tert-OH is 1. The number of thiocarbonyl (C=S) groups is 1. The quantitative estimate of drug-likeness (QED) is 0.455. The van der Waals surface area contributed by atoms with E-state index in [4.69, 9.17) is 23.1 Å². The topological polar surface area (TPSA) is 46.2 Å². The molecule has 0 saturated heterocycles. The van der Waals surface area contributed by atoms with Gasteiger partial charge in [0.05, 0.1) is 4.99 Å². The van der Waals surface area contributed by atoms with Gasteiger partial charge in [0.1, 0.15) is 0 Å². The van der Waals surface area contributed by atoms with Crippen molar-refractivity contribution in [2.24, 2.45) is 5.73 Å². The summed E-state index contributed by atoms with van der Waals surface area (Å²) in [4.78, 5) is 0.601. The van der Waals surface area contributed by atoms with Crippen molar-refractivity contribution in [1.82, 2.24) is 0 Å². The molecule has 0 unspecified atom stereocenters. The molecule has 0 aromatic heterocycles. The Morgan fingerprint density at radius 1 is 1.20 bits per heavy atom. The Morgan fingerprint density at radius 2 is 1.80 bits per heavy atom. The third-order valence-electron chi connectivity index (χ3n) is 1.33. The fourth-order valence-corrected chi connectivity index (χ4v) is 0.909. The molecule has 0 aromatic rings. The molecule has 0 spiro atoms. The average Bonchev–Trinajstić information content (AvgIpc) is 1.87. The highest BCUT2D eigenvalue weighted by Crippen LogP contribution is 2.01. The van der Waals surface area contributed by atoms with Crippen molar-refractivity contribution in [3.63, 3.8) is 0 Å². The van der Waals surface area contributed by atoms with Gasteiger partial charge in [-0.2, -0.15) is 0 Å². The van der Waals surface area contributed by atoms with Gasteiger partial charge in [-0.25, -0.2) is 0 Å². The minimum absolute atomic E-state index is 0.299. The molecule has 0 aromatic carbocycles. The van der Waals surface area contributed by atoms with Crippen molar-refractivity contribution in [3.8, 4) is 0 Å². The Balaban J connectivity index is 2.84. The summed E-state index contributed by atoms with van der Waals surface area (Å²) >= 11 is 4.70. The zero-order valence-electron chi connectivity index (χ0n) is 6.18. The summed E-state index contributed by atoms with van der Waals surface area (Å²) in [5.74, 6) is 0. The molecule has 60 valence electrons. The van der Waals surface area contributed by atoms with E-state index in [2.05, 4.69) is 0 Å². The molecule has 0 atom stereocenters. The number of rotatable bonds is 6. The molecule has 0 heterocycles. The molecule has 10 heavy (non-hydrogen) atoms. The summed E-state index contributed by atoms with van der Waals surface area (Å²) in [6.07, 6.45) is 5.02. The zero-order valence-corrected chi connectivity index (χ0v) is 6.99. The normalized spacial score (nSPS) is 9.70. The summed E-state index contributed by atoms with van der Waals surface area (Å²) in [6, 6.07) is 0. The van der Waals surface area contributed by atoms with Crippen molar-refractivity contribution in [1.29, 1.82) is 0 Å². The average molecular weight is 161 g/mol. The first kappa shape index (κ1) is 9.85. The molecule has 0 radical (unpaired) electrons. The lowest BCUT2D eigenvalue weighted by atomic mass is 10.1. The van der Waals surface area contributed by atoms with Crippen LogP contribution in [0.25, 0.3) is 0 Å². The summed E-state index contributed by atoms with van der Waals surface area (Å²) in [5.41, 5.74) is 5.29. The molecule has 0 fully saturated rings. The predicted octanol–water partition coefficient (Wildman–Crippen LogP) is 1.22. The van der Waals surface area contributed by atoms with Gasteiger partial charge >= 0.3 is 0 Å². The second-order valence-corrected chi connectivity index (χ2v) is 2.88. The minimum atomic E-state index is 0.299. The van der Waals surface area contributed by atoms with Gasteiger partial charge in [-0.15, -0.1) is 0 Å². The van der Waals surface area contributed by atoms with E-state index in [1.165, 1.54) is 0 Å². The molecule has 0 saturated carbocycles. The van der Waals surface area contributed by atoms with Crippen LogP contribution in [-0.2, 0) is 0 Å². The van der Waals surface area contributed by atoms with Crippen LogP contribution < -0.4 is 5.73 Å². The molecule has 2 nitrogen and oxygen atoms in total. The fourth-order valence-electron chi connectivity index (χ4n) is 0.765. The fraction of sp³-hybridized carbons (Fsp3) is 0.857. The van der Waals surface area contributed by atoms with E-state index in [0.717, 1.165) is 32.1 Å². The molecule has 0 aliphatic carbocycles. The van der Waals surface area contributed by atoms with Gasteiger partial charge in [-0.3, -0.25) is 0 Å². The van der Waals surface area contributed by atoms with Gasteiger partial charge in [-0.05, 0) is 19.3 Å². The summed E-state index contributed by atoms with van der Waals surface area (Å²) in [5, 5.41) is 8.42. The van der Waals surface area contributed by atoms with Crippen LogP contribution in [0, 0.1) is 0 Å². The maximum atomic E-state index is 8.42.